The van der Waals surface area contributed by atoms with Gasteiger partial charge in [-0.05, 0) is 51.5 Å². The van der Waals surface area contributed by atoms with Gasteiger partial charge in [0.1, 0.15) is 17.8 Å². The maximum absolute atomic E-state index is 13.6. The number of alkyl halides is 3. The van der Waals surface area contributed by atoms with E-state index in [4.69, 9.17) is 0 Å². The van der Waals surface area contributed by atoms with Crippen molar-refractivity contribution >= 4 is 23.3 Å². The summed E-state index contributed by atoms with van der Waals surface area (Å²) >= 11 is 0. The second-order valence-corrected chi connectivity index (χ2v) is 8.67. The second kappa shape index (κ2) is 9.51. The number of ketones is 1. The Hall–Kier alpha value is -4.09. The Balaban J connectivity index is 1.89. The third-order valence-corrected chi connectivity index (χ3v) is 5.82. The molecule has 2 heterocycles. The molecule has 2 aromatic heterocycles. The van der Waals surface area contributed by atoms with E-state index < -0.39 is 40.7 Å². The predicted octanol–water partition coefficient (Wildman–Crippen LogP) is 4.08. The molecule has 0 bridgehead atoms. The van der Waals surface area contributed by atoms with Crippen molar-refractivity contribution in [2.45, 2.75) is 39.4 Å². The normalized spacial score (nSPS) is 11.8. The van der Waals surface area contributed by atoms with E-state index in [1.165, 1.54) is 44.2 Å². The Bertz CT molecular complexity index is 1350. The fraction of sp³-hybridized carbons (Fsp3) is 0.292. The first-order chi connectivity index (χ1) is 16.6. The lowest BCUT2D eigenvalue weighted by Crippen LogP contribution is -2.44. The van der Waals surface area contributed by atoms with Gasteiger partial charge >= 0.3 is 6.18 Å². The summed E-state index contributed by atoms with van der Waals surface area (Å²) in [7, 11) is 1.48. The lowest BCUT2D eigenvalue weighted by atomic mass is 9.96. The van der Waals surface area contributed by atoms with Crippen LogP contribution in [0.25, 0.3) is 0 Å². The predicted molar refractivity (Wildman–Crippen MR) is 122 cm³/mol. The summed E-state index contributed by atoms with van der Waals surface area (Å²) in [6.45, 7) is 6.31. The van der Waals surface area contributed by atoms with Crippen LogP contribution in [-0.2, 0) is 23.6 Å². The molecule has 0 aliphatic rings. The van der Waals surface area contributed by atoms with Crippen LogP contribution >= 0.6 is 0 Å². The number of nitrogens with zero attached hydrogens (tertiary/aromatic N) is 3. The number of hydrogen-bond acceptors (Lipinski definition) is 5. The largest absolute Gasteiger partial charge is 0.419 e. The van der Waals surface area contributed by atoms with Crippen LogP contribution in [0.2, 0.25) is 0 Å². The number of rotatable bonds is 6. The van der Waals surface area contributed by atoms with Gasteiger partial charge in [-0.15, -0.1) is 0 Å². The van der Waals surface area contributed by atoms with Gasteiger partial charge in [0.05, 0.1) is 16.7 Å². The molecule has 0 saturated heterocycles. The summed E-state index contributed by atoms with van der Waals surface area (Å²) in [6.07, 6.45) is -0.627. The smallest absolute Gasteiger partial charge is 0.343 e. The molecule has 36 heavy (non-hydrogen) atoms. The molecule has 0 radical (unpaired) electrons. The SMILES string of the molecule is Cc1c(C(=O)C(=O)NC(C)(C)c2cncnc2)c(C)n(C)c1C(=O)Nc1ccc(F)c(C(F)(F)F)c1. The first-order valence-electron chi connectivity index (χ1n) is 10.6. The minimum atomic E-state index is -4.95. The van der Waals surface area contributed by atoms with E-state index in [-0.39, 0.29) is 22.5 Å². The van der Waals surface area contributed by atoms with Crippen LogP contribution in [0.4, 0.5) is 23.2 Å². The summed E-state index contributed by atoms with van der Waals surface area (Å²) in [6, 6.07) is 2.07. The van der Waals surface area contributed by atoms with Gasteiger partial charge in [0.25, 0.3) is 17.6 Å². The van der Waals surface area contributed by atoms with Crippen LogP contribution in [0.3, 0.4) is 0 Å². The van der Waals surface area contributed by atoms with Crippen molar-refractivity contribution in [2.75, 3.05) is 5.32 Å². The van der Waals surface area contributed by atoms with Crippen LogP contribution in [-0.4, -0.2) is 32.1 Å². The minimum Gasteiger partial charge on any atom is -0.343 e. The number of anilines is 1. The maximum atomic E-state index is 13.6. The monoisotopic (exact) mass is 505 g/mol. The maximum Gasteiger partial charge on any atom is 0.419 e. The zero-order valence-electron chi connectivity index (χ0n) is 20.0. The van der Waals surface area contributed by atoms with Crippen molar-refractivity contribution < 1.29 is 31.9 Å². The van der Waals surface area contributed by atoms with E-state index in [0.29, 0.717) is 23.4 Å². The van der Waals surface area contributed by atoms with Crippen molar-refractivity contribution in [3.05, 3.63) is 76.4 Å². The van der Waals surface area contributed by atoms with E-state index in [2.05, 4.69) is 20.6 Å². The zero-order chi connectivity index (χ0) is 27.0. The molecular formula is C24H23F4N5O3. The van der Waals surface area contributed by atoms with E-state index in [1.807, 2.05) is 0 Å². The van der Waals surface area contributed by atoms with Gasteiger partial charge in [-0.2, -0.15) is 13.2 Å². The average molecular weight is 505 g/mol. The molecule has 0 saturated carbocycles. The number of benzene rings is 1. The average Bonchev–Trinajstić information content (AvgIpc) is 3.02. The van der Waals surface area contributed by atoms with Crippen molar-refractivity contribution in [3.63, 3.8) is 0 Å². The van der Waals surface area contributed by atoms with Gasteiger partial charge < -0.3 is 15.2 Å². The van der Waals surface area contributed by atoms with Crippen LogP contribution < -0.4 is 10.6 Å². The highest BCUT2D eigenvalue weighted by Gasteiger charge is 2.35. The Labute approximate surface area is 203 Å². The molecule has 3 rings (SSSR count). The molecule has 190 valence electrons. The van der Waals surface area contributed by atoms with Gasteiger partial charge in [0.15, 0.2) is 0 Å². The third kappa shape index (κ3) is 5.11. The lowest BCUT2D eigenvalue weighted by Gasteiger charge is -2.25. The minimum absolute atomic E-state index is 0.0182. The van der Waals surface area contributed by atoms with Crippen LogP contribution in [0, 0.1) is 19.7 Å². The Morgan fingerprint density at radius 1 is 1.03 bits per heavy atom. The Morgan fingerprint density at radius 3 is 2.22 bits per heavy atom. The van der Waals surface area contributed by atoms with Gasteiger partial charge in [0.2, 0.25) is 0 Å². The Morgan fingerprint density at radius 2 is 1.64 bits per heavy atom. The molecule has 2 amide bonds. The highest BCUT2D eigenvalue weighted by Crippen LogP contribution is 2.33. The zero-order valence-corrected chi connectivity index (χ0v) is 20.0. The quantitative estimate of drug-likeness (QED) is 0.298. The van der Waals surface area contributed by atoms with Gasteiger partial charge in [-0.1, -0.05) is 0 Å². The van der Waals surface area contributed by atoms with E-state index in [1.54, 1.807) is 13.8 Å². The first-order valence-corrected chi connectivity index (χ1v) is 10.6. The molecule has 0 atom stereocenters. The molecule has 0 aliphatic heterocycles. The summed E-state index contributed by atoms with van der Waals surface area (Å²) in [5, 5.41) is 4.92. The molecule has 0 fully saturated rings. The van der Waals surface area contributed by atoms with Crippen LogP contribution in [0.1, 0.15) is 57.1 Å². The van der Waals surface area contributed by atoms with Gasteiger partial charge in [-0.25, -0.2) is 14.4 Å². The number of carbonyl (C=O) groups is 3. The molecule has 2 N–H and O–H groups in total. The van der Waals surface area contributed by atoms with Crippen LogP contribution in [0.15, 0.2) is 36.9 Å². The van der Waals surface area contributed by atoms with Crippen LogP contribution in [0.5, 0.6) is 0 Å². The van der Waals surface area contributed by atoms with E-state index in [0.717, 1.165) is 6.07 Å². The fourth-order valence-corrected chi connectivity index (χ4v) is 3.79. The van der Waals surface area contributed by atoms with Crippen molar-refractivity contribution in [3.8, 4) is 0 Å². The molecule has 1 aromatic carbocycles. The number of nitrogens with one attached hydrogen (secondary N) is 2. The molecule has 0 spiro atoms. The molecule has 3 aromatic rings. The number of hydrogen-bond donors (Lipinski definition) is 2. The summed E-state index contributed by atoms with van der Waals surface area (Å²) in [5.41, 5.74) is -1.84. The van der Waals surface area contributed by atoms with Crippen molar-refractivity contribution in [1.29, 1.82) is 0 Å². The number of carbonyl (C=O) groups excluding carboxylic acids is 3. The first kappa shape index (κ1) is 26.5. The lowest BCUT2D eigenvalue weighted by molar-refractivity contribution is -0.140. The highest BCUT2D eigenvalue weighted by molar-refractivity contribution is 6.43. The number of aromatic nitrogens is 3. The van der Waals surface area contributed by atoms with Gasteiger partial charge in [-0.3, -0.25) is 14.4 Å². The molecular weight excluding hydrogens is 482 g/mol. The number of amides is 2. The topological polar surface area (TPSA) is 106 Å². The summed E-state index contributed by atoms with van der Waals surface area (Å²) in [4.78, 5) is 46.7. The van der Waals surface area contributed by atoms with E-state index in [9.17, 15) is 31.9 Å². The van der Waals surface area contributed by atoms with Crippen molar-refractivity contribution in [1.82, 2.24) is 19.9 Å². The molecule has 12 heteroatoms. The molecule has 0 aliphatic carbocycles. The Kier molecular flexibility index (Phi) is 7.01. The number of halogens is 4. The third-order valence-electron chi connectivity index (χ3n) is 5.82. The summed E-state index contributed by atoms with van der Waals surface area (Å²) in [5.74, 6) is -4.14. The molecule has 8 nitrogen and oxygen atoms in total. The fourth-order valence-electron chi connectivity index (χ4n) is 3.79. The van der Waals surface area contributed by atoms with Crippen molar-refractivity contribution in [2.24, 2.45) is 7.05 Å². The summed E-state index contributed by atoms with van der Waals surface area (Å²) < 4.78 is 54.0. The standard InChI is InChI=1S/C24H23F4N5O3/c1-12-18(20(34)22(36)32-23(3,4)14-9-29-11-30-10-14)13(2)33(5)19(12)21(35)31-15-6-7-17(25)16(8-15)24(26,27)28/h6-11H,1-5H3,(H,31,35)(H,32,36). The van der Waals surface area contributed by atoms with Gasteiger partial charge in [0, 0.05) is 36.4 Å². The number of Topliss-reactive ketones (excluding diaryl/α,β-unsaturated/α-hetero) is 1. The second-order valence-electron chi connectivity index (χ2n) is 8.67. The highest BCUT2D eigenvalue weighted by atomic mass is 19.4. The van der Waals surface area contributed by atoms with E-state index >= 15 is 0 Å². The molecule has 0 unspecified atom stereocenters.